The molecule has 5 heteroatoms. The van der Waals surface area contributed by atoms with Gasteiger partial charge in [-0.05, 0) is 25.0 Å². The van der Waals surface area contributed by atoms with Crippen LogP contribution in [0, 0.1) is 0 Å². The van der Waals surface area contributed by atoms with Crippen LogP contribution in [0.1, 0.15) is 18.5 Å². The lowest BCUT2D eigenvalue weighted by molar-refractivity contribution is -0.149. The molecule has 1 aromatic rings. The van der Waals surface area contributed by atoms with Crippen molar-refractivity contribution < 1.29 is 14.6 Å². The Morgan fingerprint density at radius 3 is 3.06 bits per heavy atom. The fourth-order valence-electron chi connectivity index (χ4n) is 2.06. The molecule has 5 nitrogen and oxygen atoms in total. The highest BCUT2D eigenvalue weighted by atomic mass is 16.5. The zero-order valence-electron chi connectivity index (χ0n) is 10.2. The summed E-state index contributed by atoms with van der Waals surface area (Å²) in [5.41, 5.74) is 1.06. The van der Waals surface area contributed by atoms with Crippen LogP contribution in [0.3, 0.4) is 0 Å². The minimum Gasteiger partial charge on any atom is -0.479 e. The zero-order chi connectivity index (χ0) is 12.8. The van der Waals surface area contributed by atoms with E-state index in [1.54, 1.807) is 6.20 Å². The molecule has 1 aromatic heterocycles. The topological polar surface area (TPSA) is 71.5 Å². The minimum atomic E-state index is -0.856. The molecule has 2 heterocycles. The lowest BCUT2D eigenvalue weighted by atomic mass is 10.2. The van der Waals surface area contributed by atoms with Gasteiger partial charge < -0.3 is 15.2 Å². The summed E-state index contributed by atoms with van der Waals surface area (Å²) in [6, 6.07) is 5.86. The maximum absolute atomic E-state index is 10.7. The molecule has 0 radical (unpaired) electrons. The first-order valence-electron chi connectivity index (χ1n) is 6.24. The van der Waals surface area contributed by atoms with E-state index in [0.29, 0.717) is 13.0 Å². The van der Waals surface area contributed by atoms with E-state index >= 15 is 0 Å². The predicted octanol–water partition coefficient (Wildman–Crippen LogP) is 0.846. The van der Waals surface area contributed by atoms with Crippen molar-refractivity contribution in [2.24, 2.45) is 0 Å². The third-order valence-electron chi connectivity index (χ3n) is 3.04. The SMILES string of the molecule is O=C(O)C1CCC(CNCCc2ccccn2)O1. The first-order chi connectivity index (χ1) is 8.75. The molecule has 0 aromatic carbocycles. The second kappa shape index (κ2) is 6.47. The number of aromatic nitrogens is 1. The summed E-state index contributed by atoms with van der Waals surface area (Å²) in [4.78, 5) is 14.9. The third-order valence-corrected chi connectivity index (χ3v) is 3.04. The second-order valence-corrected chi connectivity index (χ2v) is 4.44. The second-order valence-electron chi connectivity index (χ2n) is 4.44. The van der Waals surface area contributed by atoms with Crippen LogP contribution in [0.15, 0.2) is 24.4 Å². The number of hydrogen-bond acceptors (Lipinski definition) is 4. The smallest absolute Gasteiger partial charge is 0.332 e. The molecule has 98 valence electrons. The molecule has 0 bridgehead atoms. The molecular formula is C13H18N2O3. The number of carbonyl (C=O) groups is 1. The number of nitrogens with zero attached hydrogens (tertiary/aromatic N) is 1. The maximum Gasteiger partial charge on any atom is 0.332 e. The van der Waals surface area contributed by atoms with Crippen molar-refractivity contribution in [3.63, 3.8) is 0 Å². The largest absolute Gasteiger partial charge is 0.479 e. The summed E-state index contributed by atoms with van der Waals surface area (Å²) in [5.74, 6) is -0.856. The minimum absolute atomic E-state index is 0.0230. The number of aliphatic carboxylic acids is 1. The summed E-state index contributed by atoms with van der Waals surface area (Å²) in [5, 5.41) is 12.1. The summed E-state index contributed by atoms with van der Waals surface area (Å²) < 4.78 is 5.40. The van der Waals surface area contributed by atoms with Crippen molar-refractivity contribution in [3.05, 3.63) is 30.1 Å². The highest BCUT2D eigenvalue weighted by Gasteiger charge is 2.29. The van der Waals surface area contributed by atoms with Crippen LogP contribution in [0.4, 0.5) is 0 Å². The Kier molecular flexibility index (Phi) is 4.66. The quantitative estimate of drug-likeness (QED) is 0.732. The van der Waals surface area contributed by atoms with Crippen molar-refractivity contribution in [1.29, 1.82) is 0 Å². The summed E-state index contributed by atoms with van der Waals surface area (Å²) in [6.07, 6.45) is 3.49. The first-order valence-corrected chi connectivity index (χ1v) is 6.24. The highest BCUT2D eigenvalue weighted by Crippen LogP contribution is 2.19. The zero-order valence-corrected chi connectivity index (χ0v) is 10.2. The number of pyridine rings is 1. The van der Waals surface area contributed by atoms with Gasteiger partial charge in [-0.2, -0.15) is 0 Å². The molecule has 2 atom stereocenters. The first kappa shape index (κ1) is 13.0. The van der Waals surface area contributed by atoms with E-state index in [4.69, 9.17) is 9.84 Å². The lowest BCUT2D eigenvalue weighted by Crippen LogP contribution is -2.30. The Morgan fingerprint density at radius 2 is 2.39 bits per heavy atom. The Balaban J connectivity index is 1.61. The Hall–Kier alpha value is -1.46. The van der Waals surface area contributed by atoms with E-state index < -0.39 is 12.1 Å². The Bertz CT molecular complexity index is 383. The van der Waals surface area contributed by atoms with Crippen LogP contribution in [-0.2, 0) is 16.0 Å². The summed E-state index contributed by atoms with van der Waals surface area (Å²) in [6.45, 7) is 1.53. The van der Waals surface area contributed by atoms with E-state index in [2.05, 4.69) is 10.3 Å². The standard InChI is InChI=1S/C13H18N2O3/c16-13(17)12-5-4-11(18-12)9-14-8-6-10-3-1-2-7-15-10/h1-3,7,11-12,14H,4-6,8-9H2,(H,16,17). The van der Waals surface area contributed by atoms with Gasteiger partial charge in [-0.3, -0.25) is 4.98 Å². The molecule has 0 saturated carbocycles. The number of ether oxygens (including phenoxy) is 1. The van der Waals surface area contributed by atoms with Gasteiger partial charge in [0.25, 0.3) is 0 Å². The van der Waals surface area contributed by atoms with Gasteiger partial charge in [0.2, 0.25) is 0 Å². The average molecular weight is 250 g/mol. The number of carboxylic acids is 1. The summed E-state index contributed by atoms with van der Waals surface area (Å²) >= 11 is 0. The molecule has 0 aliphatic carbocycles. The van der Waals surface area contributed by atoms with Gasteiger partial charge in [0.1, 0.15) is 0 Å². The molecule has 2 rings (SSSR count). The fourth-order valence-corrected chi connectivity index (χ4v) is 2.06. The monoisotopic (exact) mass is 250 g/mol. The molecule has 1 aliphatic heterocycles. The van der Waals surface area contributed by atoms with Gasteiger partial charge in [-0.25, -0.2) is 4.79 Å². The van der Waals surface area contributed by atoms with Gasteiger partial charge in [0, 0.05) is 31.4 Å². The van der Waals surface area contributed by atoms with Crippen LogP contribution in [0.5, 0.6) is 0 Å². The number of nitrogens with one attached hydrogen (secondary N) is 1. The van der Waals surface area contributed by atoms with Crippen LogP contribution in [0.2, 0.25) is 0 Å². The van der Waals surface area contributed by atoms with E-state index in [9.17, 15) is 4.79 Å². The predicted molar refractivity (Wildman–Crippen MR) is 66.3 cm³/mol. The van der Waals surface area contributed by atoms with Gasteiger partial charge in [0.05, 0.1) is 6.10 Å². The maximum atomic E-state index is 10.7. The molecule has 2 unspecified atom stereocenters. The molecule has 1 fully saturated rings. The van der Waals surface area contributed by atoms with Crippen LogP contribution in [0.25, 0.3) is 0 Å². The molecule has 0 amide bonds. The Labute approximate surface area is 106 Å². The van der Waals surface area contributed by atoms with Crippen molar-refractivity contribution >= 4 is 5.97 Å². The van der Waals surface area contributed by atoms with Gasteiger partial charge in [0.15, 0.2) is 6.10 Å². The third kappa shape index (κ3) is 3.78. The summed E-state index contributed by atoms with van der Waals surface area (Å²) in [7, 11) is 0. The van der Waals surface area contributed by atoms with E-state index in [1.165, 1.54) is 0 Å². The van der Waals surface area contributed by atoms with Crippen LogP contribution >= 0.6 is 0 Å². The van der Waals surface area contributed by atoms with Crippen molar-refractivity contribution in [2.75, 3.05) is 13.1 Å². The number of rotatable bonds is 6. The van der Waals surface area contributed by atoms with Gasteiger partial charge >= 0.3 is 5.97 Å². The average Bonchev–Trinajstić information content (AvgIpc) is 2.85. The number of hydrogen-bond donors (Lipinski definition) is 2. The molecular weight excluding hydrogens is 232 g/mol. The van der Waals surface area contributed by atoms with Crippen molar-refractivity contribution in [2.45, 2.75) is 31.5 Å². The highest BCUT2D eigenvalue weighted by molar-refractivity contribution is 5.72. The van der Waals surface area contributed by atoms with Gasteiger partial charge in [-0.15, -0.1) is 0 Å². The molecule has 1 aliphatic rings. The molecule has 0 spiro atoms. The molecule has 1 saturated heterocycles. The molecule has 2 N–H and O–H groups in total. The van der Waals surface area contributed by atoms with Crippen molar-refractivity contribution in [3.8, 4) is 0 Å². The normalized spacial score (nSPS) is 23.1. The van der Waals surface area contributed by atoms with E-state index in [-0.39, 0.29) is 6.10 Å². The number of carboxylic acid groups (broad SMARTS) is 1. The van der Waals surface area contributed by atoms with Crippen LogP contribution < -0.4 is 5.32 Å². The van der Waals surface area contributed by atoms with Gasteiger partial charge in [-0.1, -0.05) is 6.07 Å². The van der Waals surface area contributed by atoms with Crippen LogP contribution in [-0.4, -0.2) is 41.4 Å². The Morgan fingerprint density at radius 1 is 1.50 bits per heavy atom. The lowest BCUT2D eigenvalue weighted by Gasteiger charge is -2.12. The fraction of sp³-hybridized carbons (Fsp3) is 0.538. The molecule has 18 heavy (non-hydrogen) atoms. The van der Waals surface area contributed by atoms with E-state index in [0.717, 1.165) is 25.1 Å². The van der Waals surface area contributed by atoms with E-state index in [1.807, 2.05) is 18.2 Å². The van der Waals surface area contributed by atoms with Crippen molar-refractivity contribution in [1.82, 2.24) is 10.3 Å².